The number of nitrogens with zero attached hydrogens (tertiary/aromatic N) is 7. The van der Waals surface area contributed by atoms with Gasteiger partial charge in [-0.3, -0.25) is 20.2 Å². The van der Waals surface area contributed by atoms with Gasteiger partial charge in [-0.2, -0.15) is 9.58 Å². The van der Waals surface area contributed by atoms with Crippen LogP contribution in [0.4, 0.5) is 0 Å². The molecular formula is C8H8KN7O6. The van der Waals surface area contributed by atoms with Gasteiger partial charge in [-0.1, -0.05) is 0 Å². The Kier molecular flexibility index (Phi) is 5.34. The van der Waals surface area contributed by atoms with E-state index in [9.17, 15) is 30.6 Å². The molecule has 1 aliphatic heterocycles. The quantitative estimate of drug-likeness (QED) is 0.232. The first-order valence-corrected chi connectivity index (χ1v) is 5.48. The molecule has 2 heterocycles. The summed E-state index contributed by atoms with van der Waals surface area (Å²) in [5.41, 5.74) is -3.25. The Morgan fingerprint density at radius 1 is 1.23 bits per heavy atom. The number of hydrogen-bond donors (Lipinski definition) is 0. The van der Waals surface area contributed by atoms with Crippen molar-refractivity contribution in [2.75, 3.05) is 0 Å². The molecule has 0 saturated heterocycles. The molecule has 22 heavy (non-hydrogen) atoms. The van der Waals surface area contributed by atoms with Crippen molar-refractivity contribution >= 4 is 5.71 Å². The zero-order valence-electron chi connectivity index (χ0n) is 11.7. The Hall–Kier alpha value is -1.48. The van der Waals surface area contributed by atoms with Crippen LogP contribution < -0.4 is 51.4 Å². The third kappa shape index (κ3) is 2.87. The molecule has 1 atom stereocenters. The van der Waals surface area contributed by atoms with Gasteiger partial charge in [-0.25, -0.2) is 0 Å². The average Bonchev–Trinajstić information content (AvgIpc) is 2.84. The van der Waals surface area contributed by atoms with Crippen molar-refractivity contribution in [1.82, 2.24) is 20.2 Å². The van der Waals surface area contributed by atoms with E-state index in [4.69, 9.17) is 0 Å². The van der Waals surface area contributed by atoms with Crippen molar-refractivity contribution in [2.24, 2.45) is 0 Å². The summed E-state index contributed by atoms with van der Waals surface area (Å²) >= 11 is 0. The summed E-state index contributed by atoms with van der Waals surface area (Å²) in [6, 6.07) is -1.48. The molecule has 1 unspecified atom stereocenters. The summed E-state index contributed by atoms with van der Waals surface area (Å²) in [4.78, 5) is 19.8. The second-order valence-electron chi connectivity index (χ2n) is 4.73. The molecule has 0 aliphatic carbocycles. The van der Waals surface area contributed by atoms with E-state index in [-0.39, 0.29) is 57.2 Å². The molecule has 0 bridgehead atoms. The standard InChI is InChI=1S/C8H8N7O6.K/c1-8(2,15(20)21)6-4(13(16)17)3-5(14(18)19)7-9-10-11-12(6)7;/h3,6H,1-2H3;/q-1;+1. The van der Waals surface area contributed by atoms with Crippen LogP contribution in [-0.4, -0.2) is 46.2 Å². The maximum Gasteiger partial charge on any atom is 1.00 e. The van der Waals surface area contributed by atoms with Gasteiger partial charge < -0.3 is 10.4 Å². The van der Waals surface area contributed by atoms with E-state index in [1.807, 2.05) is 0 Å². The van der Waals surface area contributed by atoms with Crippen molar-refractivity contribution < 1.29 is 66.1 Å². The van der Waals surface area contributed by atoms with Crippen molar-refractivity contribution in [2.45, 2.75) is 25.4 Å². The first-order chi connectivity index (χ1) is 9.67. The molecule has 0 spiro atoms. The number of fused-ring (bicyclic) bond motifs is 1. The van der Waals surface area contributed by atoms with Gasteiger partial charge in [0, 0.05) is 18.8 Å². The molecule has 1 aromatic heterocycles. The van der Waals surface area contributed by atoms with Crippen LogP contribution in [0.15, 0.2) is 11.8 Å². The van der Waals surface area contributed by atoms with Gasteiger partial charge in [0.1, 0.15) is 0 Å². The molecule has 0 aromatic carbocycles. The van der Waals surface area contributed by atoms with Gasteiger partial charge in [-0.05, 0) is 10.4 Å². The van der Waals surface area contributed by atoms with E-state index >= 15 is 0 Å². The van der Waals surface area contributed by atoms with E-state index in [1.165, 1.54) is 0 Å². The molecule has 0 N–H and O–H groups in total. The largest absolute Gasteiger partial charge is 1.00 e. The van der Waals surface area contributed by atoms with Crippen molar-refractivity contribution in [3.8, 4) is 0 Å². The minimum Gasteiger partial charge on any atom is -0.612 e. The molecule has 14 heteroatoms. The molecule has 13 nitrogen and oxygen atoms in total. The van der Waals surface area contributed by atoms with E-state index in [0.717, 1.165) is 18.5 Å². The molecule has 0 fully saturated rings. The summed E-state index contributed by atoms with van der Waals surface area (Å²) in [6.07, 6.45) is 0.654. The number of nitro groups is 2. The molecular weight excluding hydrogens is 329 g/mol. The number of aromatic nitrogens is 4. The molecule has 2 rings (SSSR count). The third-order valence-electron chi connectivity index (χ3n) is 3.08. The second-order valence-corrected chi connectivity index (χ2v) is 4.73. The fourth-order valence-corrected chi connectivity index (χ4v) is 1.99. The van der Waals surface area contributed by atoms with E-state index in [0.29, 0.717) is 6.08 Å². The maximum atomic E-state index is 11.2. The topological polar surface area (TPSA) is 179 Å². The summed E-state index contributed by atoms with van der Waals surface area (Å²) in [5.74, 6) is -0.370. The van der Waals surface area contributed by atoms with E-state index in [2.05, 4.69) is 15.5 Å². The monoisotopic (exact) mass is 337 g/mol. The average molecular weight is 337 g/mol. The number of hydrogen-bond acceptors (Lipinski definition) is 9. The first-order valence-electron chi connectivity index (χ1n) is 5.48. The Balaban J connectivity index is 0.00000242. The van der Waals surface area contributed by atoms with E-state index in [1.54, 1.807) is 0 Å². The smallest absolute Gasteiger partial charge is 0.612 e. The van der Waals surface area contributed by atoms with Gasteiger partial charge in [0.2, 0.25) is 11.6 Å². The Morgan fingerprint density at radius 3 is 2.27 bits per heavy atom. The van der Waals surface area contributed by atoms with Gasteiger partial charge in [-0.15, -0.1) is 5.10 Å². The fraction of sp³-hybridized carbons (Fsp3) is 0.500. The maximum absolute atomic E-state index is 11.2. The van der Waals surface area contributed by atoms with E-state index < -0.39 is 37.7 Å². The van der Waals surface area contributed by atoms with Crippen LogP contribution in [0.25, 0.3) is 0 Å². The number of rotatable bonds is 3. The number of tetrazole rings is 1. The van der Waals surface area contributed by atoms with Crippen LogP contribution in [0.3, 0.4) is 0 Å². The summed E-state index contributed by atoms with van der Waals surface area (Å²) in [7, 11) is 0. The number of allylic oxidation sites excluding steroid dienone is 1. The molecule has 0 radical (unpaired) electrons. The molecule has 0 amide bonds. The second kappa shape index (κ2) is 6.33. The van der Waals surface area contributed by atoms with Crippen LogP contribution in [0, 0.1) is 30.6 Å². The minimum absolute atomic E-state index is 0. The van der Waals surface area contributed by atoms with Gasteiger partial charge in [0.05, 0.1) is 11.0 Å². The van der Waals surface area contributed by atoms with Crippen LogP contribution in [0.5, 0.6) is 0 Å². The molecule has 1 aliphatic rings. The Morgan fingerprint density at radius 2 is 1.82 bits per heavy atom. The molecule has 0 saturated carbocycles. The summed E-state index contributed by atoms with van der Waals surface area (Å²) in [5, 5.41) is 54.2. The minimum atomic E-state index is -1.84. The normalized spacial score (nSPS) is 17.1. The van der Waals surface area contributed by atoms with Crippen molar-refractivity contribution in [1.29, 1.82) is 0 Å². The third-order valence-corrected chi connectivity index (χ3v) is 3.08. The van der Waals surface area contributed by atoms with Crippen LogP contribution in [0.1, 0.15) is 25.7 Å². The fourth-order valence-electron chi connectivity index (χ4n) is 1.99. The zero-order valence-corrected chi connectivity index (χ0v) is 14.9. The predicted molar refractivity (Wildman–Crippen MR) is 64.1 cm³/mol. The van der Waals surface area contributed by atoms with Crippen LogP contribution >= 0.6 is 0 Å². The van der Waals surface area contributed by atoms with Gasteiger partial charge in [0.25, 0.3) is 17.2 Å². The van der Waals surface area contributed by atoms with Crippen molar-refractivity contribution in [3.63, 3.8) is 0 Å². The van der Waals surface area contributed by atoms with Gasteiger partial charge >= 0.3 is 51.4 Å². The Bertz CT molecular complexity index is 691. The molecule has 1 aromatic rings. The van der Waals surface area contributed by atoms with Crippen LogP contribution in [-0.2, 0) is 0 Å². The SMILES string of the molecule is CC(C)(C1C([N+](=O)[O-])=CC(=[N+]([O-])[O-])c2nnnn21)[N+](=O)[O-].[K+]. The molecule has 112 valence electrons. The van der Waals surface area contributed by atoms with Gasteiger partial charge in [0.15, 0.2) is 0 Å². The predicted octanol–water partition coefficient (Wildman–Crippen LogP) is -3.76. The summed E-state index contributed by atoms with van der Waals surface area (Å²) in [6.45, 7) is 2.30. The van der Waals surface area contributed by atoms with Crippen molar-refractivity contribution in [3.05, 3.63) is 48.2 Å². The van der Waals surface area contributed by atoms with Crippen LogP contribution in [0.2, 0.25) is 0 Å². The zero-order chi connectivity index (χ0) is 15.9. The Labute approximate surface area is 164 Å². The first kappa shape index (κ1) is 18.6. The summed E-state index contributed by atoms with van der Waals surface area (Å²) < 4.78 is 0.735.